The minimum absolute atomic E-state index is 0.219. The molecule has 0 spiro atoms. The number of nitrogens with two attached hydrogens (primary N) is 1. The smallest absolute Gasteiger partial charge is 0.305 e. The van der Waals surface area contributed by atoms with Crippen LogP contribution in [0, 0.1) is 0 Å². The Morgan fingerprint density at radius 1 is 1.03 bits per heavy atom. The highest BCUT2D eigenvalue weighted by Crippen LogP contribution is 2.31. The number of pyridine rings is 1. The van der Waals surface area contributed by atoms with Crippen molar-refractivity contribution in [2.24, 2.45) is 0 Å². The molecule has 0 bridgehead atoms. The molecule has 184 valence electrons. The second-order valence-corrected chi connectivity index (χ2v) is 9.39. The highest BCUT2D eigenvalue weighted by atomic mass is 16.5. The third-order valence-electron chi connectivity index (χ3n) is 6.31. The lowest BCUT2D eigenvalue weighted by Crippen LogP contribution is -2.11. The summed E-state index contributed by atoms with van der Waals surface area (Å²) in [4.78, 5) is 23.4. The first kappa shape index (κ1) is 24.7. The van der Waals surface area contributed by atoms with Gasteiger partial charge in [0.1, 0.15) is 11.3 Å². The molecule has 2 N–H and O–H groups in total. The van der Waals surface area contributed by atoms with Crippen molar-refractivity contribution in [3.05, 3.63) is 65.0 Å². The number of carbonyl (C=O) groups is 1. The Labute approximate surface area is 206 Å². The number of esters is 1. The first-order valence-electron chi connectivity index (χ1n) is 12.3. The number of fused-ring (bicyclic) bond motifs is 3. The molecule has 0 radical (unpaired) electrons. The third-order valence-corrected chi connectivity index (χ3v) is 6.31. The van der Waals surface area contributed by atoms with E-state index in [9.17, 15) is 4.79 Å². The van der Waals surface area contributed by atoms with Crippen molar-refractivity contribution in [3.63, 3.8) is 0 Å². The fraction of sp³-hybridized carbons (Fsp3) is 0.393. The lowest BCUT2D eigenvalue weighted by molar-refractivity contribution is -0.140. The lowest BCUT2D eigenvalue weighted by Gasteiger charge is -2.13. The van der Waals surface area contributed by atoms with Gasteiger partial charge in [-0.05, 0) is 49.7 Å². The molecule has 4 aromatic rings. The Morgan fingerprint density at radius 3 is 2.43 bits per heavy atom. The fourth-order valence-corrected chi connectivity index (χ4v) is 4.50. The summed E-state index contributed by atoms with van der Waals surface area (Å²) < 4.78 is 7.09. The van der Waals surface area contributed by atoms with Crippen LogP contribution in [0.25, 0.3) is 21.9 Å². The number of aryl methyl sites for hydroxylation is 2. The van der Waals surface area contributed by atoms with E-state index < -0.39 is 0 Å². The van der Waals surface area contributed by atoms with E-state index in [0.29, 0.717) is 18.7 Å². The Kier molecular flexibility index (Phi) is 7.66. The predicted octanol–water partition coefficient (Wildman–Crippen LogP) is 4.72. The number of unbranched alkanes of at least 4 members (excludes halogenated alkanes) is 1. The van der Waals surface area contributed by atoms with Gasteiger partial charge in [-0.25, -0.2) is 9.97 Å². The number of hydrogen-bond donors (Lipinski definition) is 1. The minimum Gasteiger partial charge on any atom is -0.469 e. The average molecular weight is 474 g/mol. The number of nitrogens with zero attached hydrogens (tertiary/aromatic N) is 4. The molecule has 0 saturated carbocycles. The number of rotatable bonds is 10. The van der Waals surface area contributed by atoms with Gasteiger partial charge in [-0.3, -0.25) is 4.79 Å². The molecule has 0 aliphatic heterocycles. The number of carbonyl (C=O) groups excluding carboxylic acids is 1. The molecule has 0 saturated heterocycles. The monoisotopic (exact) mass is 473 g/mol. The van der Waals surface area contributed by atoms with Crippen LogP contribution in [-0.4, -0.2) is 46.6 Å². The maximum atomic E-state index is 11.6. The second kappa shape index (κ2) is 10.9. The van der Waals surface area contributed by atoms with Gasteiger partial charge in [0, 0.05) is 31.3 Å². The van der Waals surface area contributed by atoms with Crippen LogP contribution < -0.4 is 5.73 Å². The van der Waals surface area contributed by atoms with Gasteiger partial charge in [0.25, 0.3) is 0 Å². The van der Waals surface area contributed by atoms with E-state index in [0.717, 1.165) is 65.7 Å². The van der Waals surface area contributed by atoms with Crippen molar-refractivity contribution in [3.8, 4) is 0 Å². The summed E-state index contributed by atoms with van der Waals surface area (Å²) >= 11 is 0. The van der Waals surface area contributed by atoms with Crippen LogP contribution >= 0.6 is 0 Å². The van der Waals surface area contributed by atoms with E-state index >= 15 is 0 Å². The number of imidazole rings is 1. The second-order valence-electron chi connectivity index (χ2n) is 9.39. The van der Waals surface area contributed by atoms with Crippen molar-refractivity contribution in [1.29, 1.82) is 0 Å². The maximum absolute atomic E-state index is 11.6. The zero-order valence-electron chi connectivity index (χ0n) is 21.2. The van der Waals surface area contributed by atoms with Gasteiger partial charge in [-0.15, -0.1) is 0 Å². The van der Waals surface area contributed by atoms with Crippen LogP contribution in [0.2, 0.25) is 0 Å². The van der Waals surface area contributed by atoms with Gasteiger partial charge >= 0.3 is 5.97 Å². The van der Waals surface area contributed by atoms with Crippen molar-refractivity contribution in [1.82, 2.24) is 19.4 Å². The van der Waals surface area contributed by atoms with Crippen LogP contribution in [0.5, 0.6) is 0 Å². The Morgan fingerprint density at radius 2 is 1.74 bits per heavy atom. The summed E-state index contributed by atoms with van der Waals surface area (Å²) in [5, 5.41) is 1.02. The van der Waals surface area contributed by atoms with Crippen LogP contribution in [0.15, 0.2) is 42.5 Å². The third kappa shape index (κ3) is 5.62. The molecule has 7 heteroatoms. The van der Waals surface area contributed by atoms with Gasteiger partial charge in [-0.1, -0.05) is 49.7 Å². The van der Waals surface area contributed by atoms with Crippen molar-refractivity contribution in [2.45, 2.75) is 52.1 Å². The van der Waals surface area contributed by atoms with E-state index in [1.54, 1.807) is 0 Å². The SMILES string of the molecule is CCCCc1nc2c(N)nc3cc(CCC(=O)OC)ccc3c2n1Cc1ccc(CN(C)C)cc1. The molecule has 2 aromatic heterocycles. The predicted molar refractivity (Wildman–Crippen MR) is 141 cm³/mol. The highest BCUT2D eigenvalue weighted by molar-refractivity contribution is 6.06. The Bertz CT molecular complexity index is 1330. The number of ether oxygens (including phenoxy) is 1. The average Bonchev–Trinajstić information content (AvgIpc) is 3.20. The van der Waals surface area contributed by atoms with E-state index in [4.69, 9.17) is 15.5 Å². The number of methoxy groups -OCH3 is 1. The van der Waals surface area contributed by atoms with Crippen molar-refractivity contribution in [2.75, 3.05) is 26.9 Å². The topological polar surface area (TPSA) is 86.3 Å². The summed E-state index contributed by atoms with van der Waals surface area (Å²) in [7, 11) is 5.57. The molecule has 2 aromatic carbocycles. The zero-order valence-corrected chi connectivity index (χ0v) is 21.2. The van der Waals surface area contributed by atoms with Gasteiger partial charge in [-0.2, -0.15) is 0 Å². The molecular weight excluding hydrogens is 438 g/mol. The number of anilines is 1. The normalized spacial score (nSPS) is 11.6. The molecule has 0 aliphatic rings. The molecular formula is C28H35N5O2. The molecule has 0 aliphatic carbocycles. The standard InChI is InChI=1S/C28H35N5O2/c1-5-6-7-24-31-26-27(33(24)18-21-10-8-20(9-11-21)17-32(2)3)22-14-12-19(13-15-25(34)35-4)16-23(22)30-28(26)29/h8-12,14,16H,5-7,13,15,17-18H2,1-4H3,(H2,29,30). The molecule has 0 atom stereocenters. The molecule has 0 amide bonds. The molecule has 7 nitrogen and oxygen atoms in total. The first-order chi connectivity index (χ1) is 16.9. The van der Waals surface area contributed by atoms with Crippen LogP contribution in [-0.2, 0) is 35.5 Å². The Balaban J connectivity index is 1.77. The minimum atomic E-state index is -0.219. The highest BCUT2D eigenvalue weighted by Gasteiger charge is 2.18. The number of nitrogen functional groups attached to an aromatic ring is 1. The van der Waals surface area contributed by atoms with Gasteiger partial charge in [0.05, 0.1) is 18.1 Å². The van der Waals surface area contributed by atoms with E-state index in [-0.39, 0.29) is 5.97 Å². The number of aromatic nitrogens is 3. The van der Waals surface area contributed by atoms with Gasteiger partial charge in [0.2, 0.25) is 0 Å². The summed E-state index contributed by atoms with van der Waals surface area (Å²) in [5.74, 6) is 1.26. The maximum Gasteiger partial charge on any atom is 0.305 e. The summed E-state index contributed by atoms with van der Waals surface area (Å²) in [6.07, 6.45) is 3.99. The van der Waals surface area contributed by atoms with Crippen LogP contribution in [0.4, 0.5) is 5.82 Å². The van der Waals surface area contributed by atoms with Crippen molar-refractivity contribution >= 4 is 33.7 Å². The quantitative estimate of drug-likeness (QED) is 0.335. The summed E-state index contributed by atoms with van der Waals surface area (Å²) in [5.41, 5.74) is 12.6. The van der Waals surface area contributed by atoms with E-state index in [1.807, 2.05) is 6.07 Å². The van der Waals surface area contributed by atoms with Crippen LogP contribution in [0.1, 0.15) is 48.7 Å². The number of hydrogen-bond acceptors (Lipinski definition) is 6. The fourth-order valence-electron chi connectivity index (χ4n) is 4.50. The zero-order chi connectivity index (χ0) is 24.9. The molecule has 2 heterocycles. The molecule has 35 heavy (non-hydrogen) atoms. The first-order valence-corrected chi connectivity index (χ1v) is 12.3. The lowest BCUT2D eigenvalue weighted by atomic mass is 10.1. The van der Waals surface area contributed by atoms with Crippen LogP contribution in [0.3, 0.4) is 0 Å². The molecule has 0 fully saturated rings. The van der Waals surface area contributed by atoms with Gasteiger partial charge in [0.15, 0.2) is 5.82 Å². The Hall–Kier alpha value is -3.45. The van der Waals surface area contributed by atoms with E-state index in [1.165, 1.54) is 18.2 Å². The van der Waals surface area contributed by atoms with Crippen molar-refractivity contribution < 1.29 is 9.53 Å². The largest absolute Gasteiger partial charge is 0.469 e. The molecule has 4 rings (SSSR count). The summed E-state index contributed by atoms with van der Waals surface area (Å²) in [6, 6.07) is 15.0. The summed E-state index contributed by atoms with van der Waals surface area (Å²) in [6.45, 7) is 3.83. The van der Waals surface area contributed by atoms with E-state index in [2.05, 4.69) is 71.9 Å². The molecule has 0 unspecified atom stereocenters. The van der Waals surface area contributed by atoms with Gasteiger partial charge < -0.3 is 19.9 Å². The number of benzene rings is 2.